The van der Waals surface area contributed by atoms with Crippen LogP contribution in [-0.2, 0) is 23.8 Å². The summed E-state index contributed by atoms with van der Waals surface area (Å²) in [7, 11) is 0. The van der Waals surface area contributed by atoms with Gasteiger partial charge in [0.25, 0.3) is 0 Å². The van der Waals surface area contributed by atoms with Crippen LogP contribution >= 0.6 is 0 Å². The summed E-state index contributed by atoms with van der Waals surface area (Å²) in [4.78, 5) is 26.6. The molecule has 0 bridgehead atoms. The molecule has 1 aliphatic rings. The third kappa shape index (κ3) is 43.9. The van der Waals surface area contributed by atoms with E-state index in [1.165, 1.54) is 180 Å². The number of aliphatic hydroxyl groups excluding tert-OH is 5. The fourth-order valence-corrected chi connectivity index (χ4v) is 10.4. The fraction of sp³-hybridized carbons (Fsp3) is 0.853. The first kappa shape index (κ1) is 74.6. The van der Waals surface area contributed by atoms with E-state index in [1.54, 1.807) is 6.08 Å². The molecule has 11 nitrogen and oxygen atoms in total. The lowest BCUT2D eigenvalue weighted by Gasteiger charge is -2.41. The summed E-state index contributed by atoms with van der Waals surface area (Å²) >= 11 is 0. The molecule has 0 saturated carbocycles. The molecule has 6 N–H and O–H groups in total. The van der Waals surface area contributed by atoms with Gasteiger partial charge < -0.3 is 45.1 Å². The van der Waals surface area contributed by atoms with E-state index in [1.807, 2.05) is 6.08 Å². The molecule has 0 aromatic rings. The second-order valence-electron chi connectivity index (χ2n) is 23.2. The molecular formula is C68H125NO10. The second kappa shape index (κ2) is 56.1. The number of esters is 1. The van der Waals surface area contributed by atoms with Crippen LogP contribution in [0.25, 0.3) is 0 Å². The van der Waals surface area contributed by atoms with Crippen molar-refractivity contribution in [3.05, 3.63) is 48.6 Å². The van der Waals surface area contributed by atoms with Crippen LogP contribution in [0.3, 0.4) is 0 Å². The molecular weight excluding hydrogens is 991 g/mol. The van der Waals surface area contributed by atoms with Crippen molar-refractivity contribution in [3.63, 3.8) is 0 Å². The predicted molar refractivity (Wildman–Crippen MR) is 329 cm³/mol. The Morgan fingerprint density at radius 3 is 1.33 bits per heavy atom. The molecule has 0 spiro atoms. The summed E-state index contributed by atoms with van der Waals surface area (Å²) < 4.78 is 17.6. The smallest absolute Gasteiger partial charge is 0.306 e. The molecule has 1 heterocycles. The van der Waals surface area contributed by atoms with Crippen molar-refractivity contribution in [1.82, 2.24) is 5.32 Å². The molecule has 79 heavy (non-hydrogen) atoms. The lowest BCUT2D eigenvalue weighted by atomic mass is 9.99. The Morgan fingerprint density at radius 1 is 0.494 bits per heavy atom. The van der Waals surface area contributed by atoms with Gasteiger partial charge in [0.05, 0.1) is 25.4 Å². The van der Waals surface area contributed by atoms with Crippen molar-refractivity contribution in [3.8, 4) is 0 Å². The molecule has 1 fully saturated rings. The number of hydrogen-bond acceptors (Lipinski definition) is 10. The number of allylic oxidation sites excluding steroid dienone is 7. The van der Waals surface area contributed by atoms with Crippen LogP contribution in [0, 0.1) is 0 Å². The Bertz CT molecular complexity index is 1470. The van der Waals surface area contributed by atoms with Gasteiger partial charge >= 0.3 is 5.97 Å². The molecule has 11 heteroatoms. The van der Waals surface area contributed by atoms with E-state index in [0.717, 1.165) is 83.5 Å². The Labute approximate surface area is 485 Å². The van der Waals surface area contributed by atoms with Gasteiger partial charge in [0.15, 0.2) is 12.4 Å². The number of nitrogens with one attached hydrogen (secondary N) is 1. The lowest BCUT2D eigenvalue weighted by Crippen LogP contribution is -2.61. The molecule has 0 aromatic heterocycles. The van der Waals surface area contributed by atoms with Gasteiger partial charge in [-0.05, 0) is 64.2 Å². The Kier molecular flexibility index (Phi) is 53.0. The average molecular weight is 1120 g/mol. The van der Waals surface area contributed by atoms with Gasteiger partial charge in [0.1, 0.15) is 24.4 Å². The summed E-state index contributed by atoms with van der Waals surface area (Å²) in [5.74, 6) is -1.21. The van der Waals surface area contributed by atoms with Gasteiger partial charge in [-0.3, -0.25) is 9.59 Å². The van der Waals surface area contributed by atoms with Gasteiger partial charge in [0, 0.05) is 6.42 Å². The van der Waals surface area contributed by atoms with Crippen molar-refractivity contribution in [1.29, 1.82) is 0 Å². The van der Waals surface area contributed by atoms with Crippen LogP contribution in [-0.4, -0.2) is 99.6 Å². The molecule has 1 saturated heterocycles. The van der Waals surface area contributed by atoms with Gasteiger partial charge in [0.2, 0.25) is 5.91 Å². The molecule has 0 aliphatic carbocycles. The highest BCUT2D eigenvalue weighted by Crippen LogP contribution is 2.26. The van der Waals surface area contributed by atoms with E-state index in [4.69, 9.17) is 14.2 Å². The van der Waals surface area contributed by atoms with Crippen molar-refractivity contribution >= 4 is 11.9 Å². The maximum atomic E-state index is 13.5. The minimum absolute atomic E-state index is 0.0991. The van der Waals surface area contributed by atoms with Gasteiger partial charge in [-0.2, -0.15) is 0 Å². The van der Waals surface area contributed by atoms with Crippen LogP contribution in [0.2, 0.25) is 0 Å². The molecule has 8 atom stereocenters. The minimum Gasteiger partial charge on any atom is -0.454 e. The van der Waals surface area contributed by atoms with E-state index >= 15 is 0 Å². The molecule has 1 aliphatic heterocycles. The average Bonchev–Trinajstić information content (AvgIpc) is 3.49. The van der Waals surface area contributed by atoms with E-state index in [0.29, 0.717) is 19.3 Å². The van der Waals surface area contributed by atoms with Gasteiger partial charge in [-0.1, -0.05) is 288 Å². The zero-order valence-electron chi connectivity index (χ0n) is 51.2. The van der Waals surface area contributed by atoms with E-state index in [-0.39, 0.29) is 13.0 Å². The van der Waals surface area contributed by atoms with Gasteiger partial charge in [-0.25, -0.2) is 0 Å². The number of ether oxygens (including phenoxy) is 3. The van der Waals surface area contributed by atoms with Crippen molar-refractivity contribution in [2.24, 2.45) is 0 Å². The van der Waals surface area contributed by atoms with E-state index in [9.17, 15) is 35.1 Å². The van der Waals surface area contributed by atoms with Crippen LogP contribution in [0.4, 0.5) is 0 Å². The van der Waals surface area contributed by atoms with Crippen molar-refractivity contribution in [2.75, 3.05) is 13.2 Å². The molecule has 0 aromatic carbocycles. The highest BCUT2D eigenvalue weighted by molar-refractivity contribution is 5.80. The van der Waals surface area contributed by atoms with Crippen LogP contribution in [0.15, 0.2) is 48.6 Å². The summed E-state index contributed by atoms with van der Waals surface area (Å²) in [6, 6.07) is -1.03. The van der Waals surface area contributed by atoms with Crippen LogP contribution in [0.5, 0.6) is 0 Å². The normalized spacial score (nSPS) is 19.1. The highest BCUT2D eigenvalue weighted by atomic mass is 16.7. The van der Waals surface area contributed by atoms with Crippen molar-refractivity contribution in [2.45, 2.75) is 359 Å². The number of carbonyl (C=O) groups excluding carboxylic acids is 2. The molecule has 462 valence electrons. The monoisotopic (exact) mass is 1120 g/mol. The Balaban J connectivity index is 2.65. The maximum absolute atomic E-state index is 13.5. The number of amides is 1. The number of carbonyl (C=O) groups is 2. The first-order valence-corrected chi connectivity index (χ1v) is 33.4. The lowest BCUT2D eigenvalue weighted by molar-refractivity contribution is -0.305. The summed E-state index contributed by atoms with van der Waals surface area (Å²) in [6.07, 6.45) is 58.6. The minimum atomic E-state index is -1.62. The summed E-state index contributed by atoms with van der Waals surface area (Å²) in [5.41, 5.74) is 0. The molecule has 1 amide bonds. The summed E-state index contributed by atoms with van der Waals surface area (Å²) in [6.45, 7) is 5.79. The van der Waals surface area contributed by atoms with E-state index in [2.05, 4.69) is 62.5 Å². The maximum Gasteiger partial charge on any atom is 0.306 e. The number of unbranched alkanes of at least 4 members (excludes halogenated alkanes) is 37. The third-order valence-corrected chi connectivity index (χ3v) is 15.7. The number of hydrogen-bond donors (Lipinski definition) is 6. The van der Waals surface area contributed by atoms with Gasteiger partial charge in [-0.15, -0.1) is 0 Å². The third-order valence-electron chi connectivity index (χ3n) is 15.7. The largest absolute Gasteiger partial charge is 0.454 e. The molecule has 0 radical (unpaired) electrons. The zero-order chi connectivity index (χ0) is 57.5. The second-order valence-corrected chi connectivity index (χ2v) is 23.2. The van der Waals surface area contributed by atoms with Crippen LogP contribution < -0.4 is 5.32 Å². The SMILES string of the molecule is CCCCC/C=C\C/C=C\C/C=C\CCCCCCC(=O)OC1C(OCC(NC(=O)C(O)CCCCCCCCCCCCCCCCCCCCCC)C(O)/C=C/CCCCCCCCCCCCC)OC(CO)C(O)C1O. The topological polar surface area (TPSA) is 175 Å². The zero-order valence-corrected chi connectivity index (χ0v) is 51.2. The molecule has 1 rings (SSSR count). The fourth-order valence-electron chi connectivity index (χ4n) is 10.4. The Morgan fingerprint density at radius 2 is 0.873 bits per heavy atom. The quantitative estimate of drug-likeness (QED) is 0.0195. The Hall–Kier alpha value is -2.38. The predicted octanol–water partition coefficient (Wildman–Crippen LogP) is 16.4. The van der Waals surface area contributed by atoms with E-state index < -0.39 is 67.4 Å². The van der Waals surface area contributed by atoms with Crippen LogP contribution in [0.1, 0.15) is 310 Å². The number of rotatable bonds is 57. The number of aliphatic hydroxyl groups is 5. The van der Waals surface area contributed by atoms with Crippen molar-refractivity contribution < 1.29 is 49.3 Å². The molecule has 8 unspecified atom stereocenters. The first-order valence-electron chi connectivity index (χ1n) is 33.4. The highest BCUT2D eigenvalue weighted by Gasteiger charge is 2.47. The standard InChI is InChI=1S/C68H125NO10/c1-4-7-10-13-16-19-22-25-27-29-30-31-33-34-37-40-43-46-49-52-55-61(72)67(76)69-59(60(71)54-51-48-45-42-39-36-24-21-18-15-12-9-6-3)58-77-68-66(65(75)64(74)62(57-70)78-68)79-63(73)56-53-50-47-44-41-38-35-32-28-26-23-20-17-14-11-8-5-2/h17,20,26,28,35,38,51,54,59-62,64-66,68,70-72,74-75H,4-16,18-19,21-25,27,29-34,36-37,39-50,52-53,55-58H2,1-3H3,(H,69,76)/b20-17-,28-26-,38-35-,54-51+. The first-order chi connectivity index (χ1) is 38.7. The summed E-state index contributed by atoms with van der Waals surface area (Å²) in [5, 5.41) is 57.1.